The topological polar surface area (TPSA) is 52.3 Å². The maximum atomic E-state index is 12.1. The number of aryl methyl sites for hydroxylation is 2. The fraction of sp³-hybridized carbons (Fsp3) is 0.562. The molecule has 0 aromatic heterocycles. The van der Waals surface area contributed by atoms with Gasteiger partial charge >= 0.3 is 0 Å². The Kier molecular flexibility index (Phi) is 4.72. The first-order chi connectivity index (χ1) is 9.06. The number of Topliss-reactive ketones (excluding diaryl/α,β-unsaturated/α-hetero) is 1. The Morgan fingerprint density at radius 2 is 1.89 bits per heavy atom. The SMILES string of the molecule is Cc1ccc(C(=O)COC2CCC(N)CC2)cc1C. The molecule has 0 atom stereocenters. The van der Waals surface area contributed by atoms with Crippen LogP contribution in [0.1, 0.15) is 47.2 Å². The van der Waals surface area contributed by atoms with Gasteiger partial charge in [-0.2, -0.15) is 0 Å². The minimum absolute atomic E-state index is 0.0676. The monoisotopic (exact) mass is 261 g/mol. The van der Waals surface area contributed by atoms with Crippen LogP contribution in [0.4, 0.5) is 0 Å². The summed E-state index contributed by atoms with van der Waals surface area (Å²) in [5, 5.41) is 0. The van der Waals surface area contributed by atoms with Crippen molar-refractivity contribution in [1.29, 1.82) is 0 Å². The minimum atomic E-state index is 0.0676. The van der Waals surface area contributed by atoms with E-state index in [4.69, 9.17) is 10.5 Å². The maximum absolute atomic E-state index is 12.1. The molecule has 2 rings (SSSR count). The molecule has 0 spiro atoms. The van der Waals surface area contributed by atoms with Crippen molar-refractivity contribution in [1.82, 2.24) is 0 Å². The molecule has 2 N–H and O–H groups in total. The highest BCUT2D eigenvalue weighted by atomic mass is 16.5. The number of carbonyl (C=O) groups excluding carboxylic acids is 1. The van der Waals surface area contributed by atoms with Gasteiger partial charge in [-0.1, -0.05) is 12.1 Å². The molecule has 0 heterocycles. The lowest BCUT2D eigenvalue weighted by Gasteiger charge is -2.25. The molecule has 1 aliphatic carbocycles. The van der Waals surface area contributed by atoms with Crippen molar-refractivity contribution in [2.24, 2.45) is 5.73 Å². The molecule has 0 aliphatic heterocycles. The Balaban J connectivity index is 1.85. The summed E-state index contributed by atoms with van der Waals surface area (Å²) in [6.45, 7) is 4.25. The van der Waals surface area contributed by atoms with Crippen molar-refractivity contribution in [2.75, 3.05) is 6.61 Å². The summed E-state index contributed by atoms with van der Waals surface area (Å²) < 4.78 is 5.71. The highest BCUT2D eigenvalue weighted by Crippen LogP contribution is 2.20. The molecule has 0 bridgehead atoms. The Morgan fingerprint density at radius 1 is 1.21 bits per heavy atom. The molecule has 1 fully saturated rings. The Hall–Kier alpha value is -1.19. The van der Waals surface area contributed by atoms with Crippen molar-refractivity contribution >= 4 is 5.78 Å². The van der Waals surface area contributed by atoms with Gasteiger partial charge in [0.2, 0.25) is 0 Å². The van der Waals surface area contributed by atoms with Crippen molar-refractivity contribution in [2.45, 2.75) is 51.7 Å². The summed E-state index contributed by atoms with van der Waals surface area (Å²) in [5.41, 5.74) is 8.95. The fourth-order valence-electron chi connectivity index (χ4n) is 2.45. The number of hydrogen-bond donors (Lipinski definition) is 1. The average molecular weight is 261 g/mol. The van der Waals surface area contributed by atoms with Crippen molar-refractivity contribution in [3.63, 3.8) is 0 Å². The molecular weight excluding hydrogens is 238 g/mol. The van der Waals surface area contributed by atoms with Crippen LogP contribution in [0.15, 0.2) is 18.2 Å². The van der Waals surface area contributed by atoms with Gasteiger partial charge in [0, 0.05) is 11.6 Å². The van der Waals surface area contributed by atoms with Gasteiger partial charge in [-0.25, -0.2) is 0 Å². The van der Waals surface area contributed by atoms with Gasteiger partial charge in [0.1, 0.15) is 6.61 Å². The van der Waals surface area contributed by atoms with E-state index in [1.54, 1.807) is 0 Å². The third-order valence-electron chi connectivity index (χ3n) is 4.00. The van der Waals surface area contributed by atoms with Crippen LogP contribution >= 0.6 is 0 Å². The van der Waals surface area contributed by atoms with Gasteiger partial charge in [-0.05, 0) is 56.7 Å². The van der Waals surface area contributed by atoms with Crippen LogP contribution in [0.2, 0.25) is 0 Å². The van der Waals surface area contributed by atoms with Gasteiger partial charge in [0.15, 0.2) is 5.78 Å². The van der Waals surface area contributed by atoms with Gasteiger partial charge in [0.05, 0.1) is 6.10 Å². The van der Waals surface area contributed by atoms with E-state index in [9.17, 15) is 4.79 Å². The van der Waals surface area contributed by atoms with Gasteiger partial charge in [0.25, 0.3) is 0 Å². The first kappa shape index (κ1) is 14.2. The van der Waals surface area contributed by atoms with Gasteiger partial charge < -0.3 is 10.5 Å². The second-order valence-electron chi connectivity index (χ2n) is 5.57. The molecule has 1 aromatic carbocycles. The zero-order valence-corrected chi connectivity index (χ0v) is 11.8. The third-order valence-corrected chi connectivity index (χ3v) is 4.00. The molecule has 3 heteroatoms. The number of benzene rings is 1. The van der Waals surface area contributed by atoms with E-state index < -0.39 is 0 Å². The number of ether oxygens (including phenoxy) is 1. The lowest BCUT2D eigenvalue weighted by molar-refractivity contribution is 0.0260. The number of ketones is 1. The fourth-order valence-corrected chi connectivity index (χ4v) is 2.45. The number of nitrogens with two attached hydrogens (primary N) is 1. The van der Waals surface area contributed by atoms with E-state index in [0.717, 1.165) is 36.8 Å². The first-order valence-electron chi connectivity index (χ1n) is 7.04. The third kappa shape index (κ3) is 3.88. The van der Waals surface area contributed by atoms with E-state index in [-0.39, 0.29) is 18.5 Å². The molecule has 1 aromatic rings. The zero-order chi connectivity index (χ0) is 13.8. The molecule has 1 aliphatic rings. The molecule has 0 amide bonds. The second-order valence-corrected chi connectivity index (χ2v) is 5.57. The lowest BCUT2D eigenvalue weighted by Crippen LogP contribution is -2.31. The highest BCUT2D eigenvalue weighted by molar-refractivity contribution is 5.97. The van der Waals surface area contributed by atoms with E-state index in [1.165, 1.54) is 5.56 Å². The summed E-state index contributed by atoms with van der Waals surface area (Å²) >= 11 is 0. The predicted molar refractivity (Wildman–Crippen MR) is 76.4 cm³/mol. The van der Waals surface area contributed by atoms with Crippen LogP contribution in [0.3, 0.4) is 0 Å². The van der Waals surface area contributed by atoms with Crippen LogP contribution in [-0.2, 0) is 4.74 Å². The molecule has 1 saturated carbocycles. The lowest BCUT2D eigenvalue weighted by atomic mass is 9.94. The Morgan fingerprint density at radius 3 is 2.53 bits per heavy atom. The molecule has 3 nitrogen and oxygen atoms in total. The average Bonchev–Trinajstić information content (AvgIpc) is 2.41. The zero-order valence-electron chi connectivity index (χ0n) is 11.8. The van der Waals surface area contributed by atoms with Crippen LogP contribution in [-0.4, -0.2) is 24.5 Å². The molecule has 19 heavy (non-hydrogen) atoms. The Labute approximate surface area is 115 Å². The van der Waals surface area contributed by atoms with E-state index in [1.807, 2.05) is 32.0 Å². The summed E-state index contributed by atoms with van der Waals surface area (Å²) in [4.78, 5) is 12.1. The summed E-state index contributed by atoms with van der Waals surface area (Å²) in [7, 11) is 0. The van der Waals surface area contributed by atoms with Gasteiger partial charge in [-0.15, -0.1) is 0 Å². The standard InChI is InChI=1S/C16H23NO2/c1-11-3-4-13(9-12(11)2)16(18)10-19-15-7-5-14(17)6-8-15/h3-4,9,14-15H,5-8,10,17H2,1-2H3. The Bertz CT molecular complexity index is 448. The molecule has 0 radical (unpaired) electrons. The maximum Gasteiger partial charge on any atom is 0.188 e. The summed E-state index contributed by atoms with van der Waals surface area (Å²) in [6.07, 6.45) is 4.16. The van der Waals surface area contributed by atoms with Gasteiger partial charge in [-0.3, -0.25) is 4.79 Å². The summed E-state index contributed by atoms with van der Waals surface area (Å²) in [5.74, 6) is 0.0676. The van der Waals surface area contributed by atoms with Crippen LogP contribution in [0.5, 0.6) is 0 Å². The van der Waals surface area contributed by atoms with Crippen LogP contribution in [0, 0.1) is 13.8 Å². The number of hydrogen-bond acceptors (Lipinski definition) is 3. The molecular formula is C16H23NO2. The van der Waals surface area contributed by atoms with E-state index in [2.05, 4.69) is 0 Å². The van der Waals surface area contributed by atoms with Crippen molar-refractivity contribution in [3.05, 3.63) is 34.9 Å². The quantitative estimate of drug-likeness (QED) is 0.848. The molecule has 0 saturated heterocycles. The highest BCUT2D eigenvalue weighted by Gasteiger charge is 2.20. The van der Waals surface area contributed by atoms with Crippen molar-refractivity contribution in [3.8, 4) is 0 Å². The largest absolute Gasteiger partial charge is 0.370 e. The number of rotatable bonds is 4. The van der Waals surface area contributed by atoms with E-state index in [0.29, 0.717) is 6.04 Å². The molecule has 0 unspecified atom stereocenters. The minimum Gasteiger partial charge on any atom is -0.370 e. The van der Waals surface area contributed by atoms with Crippen LogP contribution in [0.25, 0.3) is 0 Å². The predicted octanol–water partition coefficient (Wildman–Crippen LogP) is 2.77. The summed E-state index contributed by atoms with van der Waals surface area (Å²) in [6, 6.07) is 6.13. The van der Waals surface area contributed by atoms with Crippen molar-refractivity contribution < 1.29 is 9.53 Å². The second kappa shape index (κ2) is 6.31. The molecule has 104 valence electrons. The number of carbonyl (C=O) groups is 1. The smallest absolute Gasteiger partial charge is 0.188 e. The van der Waals surface area contributed by atoms with Crippen LogP contribution < -0.4 is 5.73 Å². The first-order valence-corrected chi connectivity index (χ1v) is 7.04. The normalized spacial score (nSPS) is 23.3. The van der Waals surface area contributed by atoms with E-state index >= 15 is 0 Å².